The van der Waals surface area contributed by atoms with Crippen LogP contribution in [0.2, 0.25) is 0 Å². The molecule has 0 radical (unpaired) electrons. The number of amides is 1. The summed E-state index contributed by atoms with van der Waals surface area (Å²) in [5.74, 6) is -0.757. The van der Waals surface area contributed by atoms with Gasteiger partial charge in [0.1, 0.15) is 5.82 Å². The molecule has 24 heavy (non-hydrogen) atoms. The molecule has 1 aromatic heterocycles. The zero-order valence-corrected chi connectivity index (χ0v) is 14.1. The highest BCUT2D eigenvalue weighted by atomic mass is 32.1. The predicted octanol–water partition coefficient (Wildman–Crippen LogP) is 3.62. The van der Waals surface area contributed by atoms with Crippen molar-refractivity contribution in [2.24, 2.45) is 4.99 Å². The first-order chi connectivity index (χ1) is 11.7. The Morgan fingerprint density at radius 3 is 2.71 bits per heavy atom. The summed E-state index contributed by atoms with van der Waals surface area (Å²) in [5.41, 5.74) is 1.39. The highest BCUT2D eigenvalue weighted by Gasteiger charge is 2.09. The van der Waals surface area contributed by atoms with Crippen molar-refractivity contribution < 1.29 is 13.9 Å². The van der Waals surface area contributed by atoms with Gasteiger partial charge in [0.05, 0.1) is 16.8 Å². The van der Waals surface area contributed by atoms with E-state index in [0.29, 0.717) is 30.1 Å². The average Bonchev–Trinajstić information content (AvgIpc) is 2.93. The maximum Gasteiger partial charge on any atom is 0.279 e. The fourth-order valence-electron chi connectivity index (χ4n) is 2.37. The van der Waals surface area contributed by atoms with Gasteiger partial charge in [-0.2, -0.15) is 4.99 Å². The molecule has 0 aliphatic rings. The minimum absolute atomic E-state index is 0.366. The van der Waals surface area contributed by atoms with Gasteiger partial charge in [-0.1, -0.05) is 23.5 Å². The maximum absolute atomic E-state index is 13.0. The number of ether oxygens (including phenoxy) is 1. The van der Waals surface area contributed by atoms with E-state index in [9.17, 15) is 9.18 Å². The second-order valence-corrected chi connectivity index (χ2v) is 6.13. The Balaban J connectivity index is 2.01. The second-order valence-electron chi connectivity index (χ2n) is 5.12. The number of rotatable bonds is 5. The monoisotopic (exact) mass is 344 g/mol. The van der Waals surface area contributed by atoms with E-state index < -0.39 is 0 Å². The number of halogens is 1. The van der Waals surface area contributed by atoms with Crippen LogP contribution in [0.15, 0.2) is 53.5 Å². The number of carbonyl (C=O) groups is 1. The number of nitrogens with zero attached hydrogens (tertiary/aromatic N) is 2. The zero-order chi connectivity index (χ0) is 16.9. The molecule has 0 fully saturated rings. The molecule has 2 aromatic carbocycles. The van der Waals surface area contributed by atoms with E-state index in [-0.39, 0.29) is 11.7 Å². The third kappa shape index (κ3) is 3.60. The van der Waals surface area contributed by atoms with Gasteiger partial charge in [-0.05, 0) is 43.3 Å². The summed E-state index contributed by atoms with van der Waals surface area (Å²) < 4.78 is 21.5. The molecule has 1 heterocycles. The molecule has 124 valence electrons. The van der Waals surface area contributed by atoms with Gasteiger partial charge in [0.2, 0.25) is 0 Å². The number of hydrogen-bond donors (Lipinski definition) is 0. The lowest BCUT2D eigenvalue weighted by molar-refractivity contribution is 0.0996. The number of thiazole rings is 1. The van der Waals surface area contributed by atoms with E-state index in [1.807, 2.05) is 35.8 Å². The van der Waals surface area contributed by atoms with E-state index in [0.717, 1.165) is 10.2 Å². The van der Waals surface area contributed by atoms with Crippen LogP contribution in [0.3, 0.4) is 0 Å². The van der Waals surface area contributed by atoms with Gasteiger partial charge >= 0.3 is 0 Å². The van der Waals surface area contributed by atoms with Crippen molar-refractivity contribution >= 4 is 27.5 Å². The summed E-state index contributed by atoms with van der Waals surface area (Å²) in [6.07, 6.45) is 0. The highest BCUT2D eigenvalue weighted by Crippen LogP contribution is 2.17. The van der Waals surface area contributed by atoms with Crippen LogP contribution in [0, 0.1) is 5.82 Å². The van der Waals surface area contributed by atoms with Crippen LogP contribution in [-0.2, 0) is 11.3 Å². The van der Waals surface area contributed by atoms with Crippen LogP contribution < -0.4 is 4.80 Å². The van der Waals surface area contributed by atoms with Crippen molar-refractivity contribution in [3.63, 3.8) is 0 Å². The summed E-state index contributed by atoms with van der Waals surface area (Å²) in [5, 5.41) is 0. The second kappa shape index (κ2) is 7.51. The molecule has 0 spiro atoms. The molecule has 0 atom stereocenters. The molecule has 0 unspecified atom stereocenters. The van der Waals surface area contributed by atoms with Gasteiger partial charge in [0.15, 0.2) is 4.80 Å². The number of hydrogen-bond acceptors (Lipinski definition) is 3. The molecular formula is C18H17FN2O2S. The summed E-state index contributed by atoms with van der Waals surface area (Å²) in [4.78, 5) is 17.2. The van der Waals surface area contributed by atoms with Crippen LogP contribution in [0.25, 0.3) is 10.2 Å². The SMILES string of the molecule is CCOCCn1c(=NC(=O)c2ccc(F)cc2)sc2ccccc21. The minimum Gasteiger partial charge on any atom is -0.380 e. The molecule has 0 aliphatic carbocycles. The van der Waals surface area contributed by atoms with Gasteiger partial charge in [-0.25, -0.2) is 4.39 Å². The summed E-state index contributed by atoms with van der Waals surface area (Å²) in [7, 11) is 0. The third-order valence-electron chi connectivity index (χ3n) is 3.54. The van der Waals surface area contributed by atoms with E-state index in [1.165, 1.54) is 35.6 Å². The standard InChI is InChI=1S/C18H17FN2O2S/c1-2-23-12-11-21-15-5-3-4-6-16(15)24-18(21)20-17(22)13-7-9-14(19)10-8-13/h3-10H,2,11-12H2,1H3. The summed E-state index contributed by atoms with van der Waals surface area (Å²) in [6, 6.07) is 13.3. The zero-order valence-electron chi connectivity index (χ0n) is 13.2. The van der Waals surface area contributed by atoms with Gasteiger partial charge in [-0.3, -0.25) is 4.79 Å². The van der Waals surface area contributed by atoms with Crippen LogP contribution in [0.5, 0.6) is 0 Å². The van der Waals surface area contributed by atoms with Crippen molar-refractivity contribution in [2.75, 3.05) is 13.2 Å². The lowest BCUT2D eigenvalue weighted by atomic mass is 10.2. The molecule has 0 N–H and O–H groups in total. The van der Waals surface area contributed by atoms with Gasteiger partial charge in [-0.15, -0.1) is 0 Å². The number of aromatic nitrogens is 1. The lowest BCUT2D eigenvalue weighted by Gasteiger charge is -2.05. The van der Waals surface area contributed by atoms with Crippen LogP contribution in [0.1, 0.15) is 17.3 Å². The van der Waals surface area contributed by atoms with Gasteiger partial charge in [0.25, 0.3) is 5.91 Å². The topological polar surface area (TPSA) is 43.6 Å². The van der Waals surface area contributed by atoms with Crippen LogP contribution in [-0.4, -0.2) is 23.7 Å². The molecule has 3 aromatic rings. The first kappa shape index (κ1) is 16.5. The summed E-state index contributed by atoms with van der Waals surface area (Å²) >= 11 is 1.45. The number of carbonyl (C=O) groups excluding carboxylic acids is 1. The van der Waals surface area contributed by atoms with Gasteiger partial charge < -0.3 is 9.30 Å². The molecule has 0 aliphatic heterocycles. The average molecular weight is 344 g/mol. The fraction of sp³-hybridized carbons (Fsp3) is 0.222. The fourth-order valence-corrected chi connectivity index (χ4v) is 3.42. The Morgan fingerprint density at radius 2 is 1.96 bits per heavy atom. The summed E-state index contributed by atoms with van der Waals surface area (Å²) in [6.45, 7) is 3.76. The van der Waals surface area contributed by atoms with Crippen LogP contribution in [0.4, 0.5) is 4.39 Å². The normalized spacial score (nSPS) is 12.0. The molecule has 0 bridgehead atoms. The van der Waals surface area contributed by atoms with Crippen molar-refractivity contribution in [3.05, 3.63) is 64.7 Å². The van der Waals surface area contributed by atoms with E-state index in [2.05, 4.69) is 4.99 Å². The largest absolute Gasteiger partial charge is 0.380 e. The molecule has 3 rings (SSSR count). The van der Waals surface area contributed by atoms with Gasteiger partial charge in [0, 0.05) is 18.7 Å². The Bertz CT molecular complexity index is 913. The Morgan fingerprint density at radius 1 is 1.21 bits per heavy atom. The van der Waals surface area contributed by atoms with Crippen molar-refractivity contribution in [2.45, 2.75) is 13.5 Å². The third-order valence-corrected chi connectivity index (χ3v) is 4.60. The number of fused-ring (bicyclic) bond motifs is 1. The van der Waals surface area contributed by atoms with Crippen molar-refractivity contribution in [3.8, 4) is 0 Å². The van der Waals surface area contributed by atoms with Crippen molar-refractivity contribution in [1.29, 1.82) is 0 Å². The molecule has 4 nitrogen and oxygen atoms in total. The Hall–Kier alpha value is -2.31. The van der Waals surface area contributed by atoms with Crippen molar-refractivity contribution in [1.82, 2.24) is 4.57 Å². The molecular weight excluding hydrogens is 327 g/mol. The van der Waals surface area contributed by atoms with Crippen LogP contribution >= 0.6 is 11.3 Å². The predicted molar refractivity (Wildman–Crippen MR) is 92.6 cm³/mol. The van der Waals surface area contributed by atoms with E-state index >= 15 is 0 Å². The Kier molecular flexibility index (Phi) is 5.17. The quantitative estimate of drug-likeness (QED) is 0.664. The molecule has 6 heteroatoms. The molecule has 0 saturated heterocycles. The first-order valence-corrected chi connectivity index (χ1v) is 8.51. The Labute approximate surface area is 142 Å². The van der Waals surface area contributed by atoms with E-state index in [1.54, 1.807) is 0 Å². The first-order valence-electron chi connectivity index (χ1n) is 7.70. The number of para-hydroxylation sites is 1. The molecule has 0 saturated carbocycles. The smallest absolute Gasteiger partial charge is 0.279 e. The van der Waals surface area contributed by atoms with E-state index in [4.69, 9.17) is 4.74 Å². The number of benzene rings is 2. The maximum atomic E-state index is 13.0. The molecule has 1 amide bonds. The lowest BCUT2D eigenvalue weighted by Crippen LogP contribution is -2.19. The minimum atomic E-state index is -0.383. The highest BCUT2D eigenvalue weighted by molar-refractivity contribution is 7.16.